The first-order valence-electron chi connectivity index (χ1n) is 6.44. The van der Waals surface area contributed by atoms with Crippen LogP contribution in [-0.2, 0) is 0 Å². The highest BCUT2D eigenvalue weighted by molar-refractivity contribution is 6.42. The Balaban J connectivity index is 2.13. The van der Waals surface area contributed by atoms with Crippen molar-refractivity contribution in [2.75, 3.05) is 6.61 Å². The van der Waals surface area contributed by atoms with Crippen molar-refractivity contribution in [3.63, 3.8) is 0 Å². The van der Waals surface area contributed by atoms with Gasteiger partial charge in [0.25, 0.3) is 5.91 Å². The molecule has 0 saturated carbocycles. The average Bonchev–Trinajstić information content (AvgIpc) is 2.92. The third-order valence-electron chi connectivity index (χ3n) is 2.93. The quantitative estimate of drug-likeness (QED) is 0.887. The van der Waals surface area contributed by atoms with Gasteiger partial charge in [0.1, 0.15) is 0 Å². The zero-order valence-electron chi connectivity index (χ0n) is 11.4. The maximum atomic E-state index is 12.0. The van der Waals surface area contributed by atoms with E-state index in [0.29, 0.717) is 27.8 Å². The predicted octanol–water partition coefficient (Wildman–Crippen LogP) is 2.68. The number of nitrogens with zero attached hydrogens (tertiary/aromatic N) is 2. The first-order chi connectivity index (χ1) is 10.0. The molecule has 112 valence electrons. The Labute approximate surface area is 132 Å². The van der Waals surface area contributed by atoms with E-state index >= 15 is 0 Å². The van der Waals surface area contributed by atoms with E-state index in [-0.39, 0.29) is 18.6 Å². The van der Waals surface area contributed by atoms with Crippen molar-refractivity contribution in [3.8, 4) is 5.69 Å². The van der Waals surface area contributed by atoms with Gasteiger partial charge in [0, 0.05) is 18.8 Å². The van der Waals surface area contributed by atoms with Crippen molar-refractivity contribution >= 4 is 29.1 Å². The Morgan fingerprint density at radius 2 is 2.14 bits per heavy atom. The van der Waals surface area contributed by atoms with Gasteiger partial charge in [0.2, 0.25) is 0 Å². The van der Waals surface area contributed by atoms with Crippen molar-refractivity contribution < 1.29 is 9.90 Å². The van der Waals surface area contributed by atoms with Gasteiger partial charge in [-0.2, -0.15) is 5.10 Å². The van der Waals surface area contributed by atoms with Crippen LogP contribution in [0.25, 0.3) is 5.69 Å². The van der Waals surface area contributed by atoms with Crippen LogP contribution in [0.5, 0.6) is 0 Å². The lowest BCUT2D eigenvalue weighted by molar-refractivity contribution is 0.0929. The fourth-order valence-electron chi connectivity index (χ4n) is 1.78. The first-order valence-corrected chi connectivity index (χ1v) is 7.19. The summed E-state index contributed by atoms with van der Waals surface area (Å²) in [5.41, 5.74) is 1.01. The summed E-state index contributed by atoms with van der Waals surface area (Å²) in [6.07, 6.45) is 2.17. The van der Waals surface area contributed by atoms with Crippen molar-refractivity contribution in [1.82, 2.24) is 15.1 Å². The normalized spacial score (nSPS) is 12.2. The lowest BCUT2D eigenvalue weighted by atomic mass is 10.2. The molecule has 2 aromatic rings. The number of hydrogen-bond acceptors (Lipinski definition) is 3. The van der Waals surface area contributed by atoms with E-state index in [9.17, 15) is 4.79 Å². The van der Waals surface area contributed by atoms with Gasteiger partial charge in [-0.25, -0.2) is 4.68 Å². The molecular formula is C14H15Cl2N3O2. The summed E-state index contributed by atoms with van der Waals surface area (Å²) in [6, 6.07) is 6.61. The van der Waals surface area contributed by atoms with E-state index in [4.69, 9.17) is 28.3 Å². The molecule has 0 aliphatic carbocycles. The van der Waals surface area contributed by atoms with E-state index in [1.807, 2.05) is 6.92 Å². The summed E-state index contributed by atoms with van der Waals surface area (Å²) >= 11 is 11.8. The van der Waals surface area contributed by atoms with Gasteiger partial charge in [0.05, 0.1) is 15.7 Å². The van der Waals surface area contributed by atoms with Gasteiger partial charge in [-0.15, -0.1) is 0 Å². The Morgan fingerprint density at radius 3 is 2.81 bits per heavy atom. The fraction of sp³-hybridized carbons (Fsp3) is 0.286. The molecule has 7 heteroatoms. The summed E-state index contributed by atoms with van der Waals surface area (Å²) < 4.78 is 1.55. The van der Waals surface area contributed by atoms with Gasteiger partial charge in [-0.1, -0.05) is 23.2 Å². The zero-order chi connectivity index (χ0) is 15.4. The Morgan fingerprint density at radius 1 is 1.38 bits per heavy atom. The maximum Gasteiger partial charge on any atom is 0.271 e. The van der Waals surface area contributed by atoms with Gasteiger partial charge in [-0.3, -0.25) is 4.79 Å². The number of aliphatic hydroxyl groups excluding tert-OH is 1. The van der Waals surface area contributed by atoms with Crippen LogP contribution >= 0.6 is 23.2 Å². The van der Waals surface area contributed by atoms with Crippen LogP contribution < -0.4 is 5.32 Å². The molecule has 0 aliphatic heterocycles. The number of benzene rings is 1. The van der Waals surface area contributed by atoms with Crippen LogP contribution in [0.4, 0.5) is 0 Å². The SMILES string of the molecule is CC(CCO)NC(=O)c1ccn(-c2ccc(Cl)c(Cl)c2)n1. The number of aromatic nitrogens is 2. The van der Waals surface area contributed by atoms with Crippen LogP contribution in [0.1, 0.15) is 23.8 Å². The number of amides is 1. The number of rotatable bonds is 5. The third-order valence-corrected chi connectivity index (χ3v) is 3.67. The van der Waals surface area contributed by atoms with Crippen molar-refractivity contribution in [1.29, 1.82) is 0 Å². The smallest absolute Gasteiger partial charge is 0.271 e. The molecule has 1 aromatic heterocycles. The Bertz CT molecular complexity index is 643. The van der Waals surface area contributed by atoms with Crippen LogP contribution in [0.3, 0.4) is 0 Å². The van der Waals surface area contributed by atoms with Gasteiger partial charge < -0.3 is 10.4 Å². The van der Waals surface area contributed by atoms with E-state index in [1.165, 1.54) is 0 Å². The minimum absolute atomic E-state index is 0.0269. The highest BCUT2D eigenvalue weighted by Crippen LogP contribution is 2.24. The van der Waals surface area contributed by atoms with Crippen LogP contribution in [-0.4, -0.2) is 33.4 Å². The molecule has 0 fully saturated rings. The number of hydrogen-bond donors (Lipinski definition) is 2. The molecule has 1 amide bonds. The maximum absolute atomic E-state index is 12.0. The highest BCUT2D eigenvalue weighted by Gasteiger charge is 2.13. The standard InChI is InChI=1S/C14H15Cl2N3O2/c1-9(5-7-20)17-14(21)13-4-6-19(18-13)10-2-3-11(15)12(16)8-10/h2-4,6,8-9,20H,5,7H2,1H3,(H,17,21). The number of nitrogens with one attached hydrogen (secondary N) is 1. The molecule has 1 heterocycles. The highest BCUT2D eigenvalue weighted by atomic mass is 35.5. The lowest BCUT2D eigenvalue weighted by Crippen LogP contribution is -2.33. The van der Waals surface area contributed by atoms with E-state index < -0.39 is 0 Å². The molecule has 21 heavy (non-hydrogen) atoms. The largest absolute Gasteiger partial charge is 0.396 e. The molecular weight excluding hydrogens is 313 g/mol. The van der Waals surface area contributed by atoms with Crippen molar-refractivity contribution in [2.45, 2.75) is 19.4 Å². The molecule has 1 aromatic carbocycles. The van der Waals surface area contributed by atoms with Gasteiger partial charge in [0.15, 0.2) is 5.69 Å². The first kappa shape index (κ1) is 15.8. The second-order valence-corrected chi connectivity index (χ2v) is 5.45. The lowest BCUT2D eigenvalue weighted by Gasteiger charge is -2.10. The molecule has 0 spiro atoms. The van der Waals surface area contributed by atoms with Crippen LogP contribution in [0.15, 0.2) is 30.5 Å². The molecule has 0 aliphatic rings. The molecule has 2 N–H and O–H groups in total. The summed E-state index contributed by atoms with van der Waals surface area (Å²) in [4.78, 5) is 12.0. The van der Waals surface area contributed by atoms with Gasteiger partial charge >= 0.3 is 0 Å². The monoisotopic (exact) mass is 327 g/mol. The average molecular weight is 328 g/mol. The third kappa shape index (κ3) is 3.97. The number of carbonyl (C=O) groups excluding carboxylic acids is 1. The Hall–Kier alpha value is -1.56. The van der Waals surface area contributed by atoms with E-state index in [1.54, 1.807) is 35.1 Å². The summed E-state index contributed by atoms with van der Waals surface area (Å²) in [6.45, 7) is 1.85. The minimum atomic E-state index is -0.283. The zero-order valence-corrected chi connectivity index (χ0v) is 12.9. The molecule has 1 atom stereocenters. The number of carbonyl (C=O) groups is 1. The summed E-state index contributed by atoms with van der Waals surface area (Å²) in [5, 5.41) is 16.7. The Kier molecular flexibility index (Phi) is 5.22. The van der Waals surface area contributed by atoms with Crippen LogP contribution in [0, 0.1) is 0 Å². The van der Waals surface area contributed by atoms with Crippen molar-refractivity contribution in [3.05, 3.63) is 46.2 Å². The van der Waals surface area contributed by atoms with E-state index in [0.717, 1.165) is 0 Å². The number of halogens is 2. The molecule has 1 unspecified atom stereocenters. The minimum Gasteiger partial charge on any atom is -0.396 e. The van der Waals surface area contributed by atoms with Gasteiger partial charge in [-0.05, 0) is 37.6 Å². The molecule has 0 saturated heterocycles. The van der Waals surface area contributed by atoms with Crippen LogP contribution in [0.2, 0.25) is 10.0 Å². The number of aliphatic hydroxyl groups is 1. The summed E-state index contributed by atoms with van der Waals surface area (Å²) in [5.74, 6) is -0.283. The molecule has 0 bridgehead atoms. The fourth-order valence-corrected chi connectivity index (χ4v) is 2.07. The molecule has 5 nitrogen and oxygen atoms in total. The predicted molar refractivity (Wildman–Crippen MR) is 82.2 cm³/mol. The summed E-state index contributed by atoms with van der Waals surface area (Å²) in [7, 11) is 0. The second-order valence-electron chi connectivity index (χ2n) is 4.63. The van der Waals surface area contributed by atoms with Crippen molar-refractivity contribution in [2.24, 2.45) is 0 Å². The molecule has 2 rings (SSSR count). The van der Waals surface area contributed by atoms with E-state index in [2.05, 4.69) is 10.4 Å². The second kappa shape index (κ2) is 6.93. The molecule has 0 radical (unpaired) electrons. The topological polar surface area (TPSA) is 67.2 Å².